The number of benzene rings is 1. The Morgan fingerprint density at radius 2 is 1.56 bits per heavy atom. The van der Waals surface area contributed by atoms with Gasteiger partial charge in [0, 0.05) is 32.5 Å². The van der Waals surface area contributed by atoms with E-state index in [1.807, 2.05) is 0 Å². The van der Waals surface area contributed by atoms with Gasteiger partial charge in [-0.2, -0.15) is 0 Å². The number of Topliss-reactive ketones (excluding diaryl/α,β-unsaturated/α-hetero) is 1. The highest BCUT2D eigenvalue weighted by molar-refractivity contribution is 9.25. The van der Waals surface area contributed by atoms with Gasteiger partial charge in [0.2, 0.25) is 29.4 Å². The molecule has 52 heavy (non-hydrogen) atoms. The Hall–Kier alpha value is -3.53. The average Bonchev–Trinajstić information content (AvgIpc) is 3.90. The van der Waals surface area contributed by atoms with Crippen molar-refractivity contribution >= 4 is 73.3 Å². The van der Waals surface area contributed by atoms with Crippen LogP contribution < -0.4 is 21.3 Å². The third kappa shape index (κ3) is 10.1. The van der Waals surface area contributed by atoms with E-state index in [2.05, 4.69) is 53.1 Å². The second kappa shape index (κ2) is 15.8. The van der Waals surface area contributed by atoms with Gasteiger partial charge in [-0.3, -0.25) is 28.8 Å². The average molecular weight is 855 g/mol. The van der Waals surface area contributed by atoms with Crippen LogP contribution in [0.2, 0.25) is 0 Å². The number of carbonyl (C=O) groups excluding carboxylic acids is 7. The van der Waals surface area contributed by atoms with Gasteiger partial charge < -0.3 is 35.8 Å². The molecule has 4 N–H and O–H groups in total. The van der Waals surface area contributed by atoms with E-state index >= 15 is 0 Å². The van der Waals surface area contributed by atoms with Crippen molar-refractivity contribution in [2.24, 2.45) is 23.2 Å². The van der Waals surface area contributed by atoms with Crippen LogP contribution in [-0.4, -0.2) is 105 Å². The lowest BCUT2D eigenvalue weighted by Gasteiger charge is -2.37. The van der Waals surface area contributed by atoms with Crippen LogP contribution in [0.5, 0.6) is 0 Å². The van der Waals surface area contributed by atoms with Crippen LogP contribution in [0.25, 0.3) is 0 Å². The fourth-order valence-electron chi connectivity index (χ4n) is 6.36. The number of ether oxygens (including phenoxy) is 1. The molecule has 1 aromatic rings. The highest BCUT2D eigenvalue weighted by Gasteiger charge is 2.73. The normalized spacial score (nSPS) is 22.1. The van der Waals surface area contributed by atoms with Crippen LogP contribution in [0.3, 0.4) is 0 Å². The first-order chi connectivity index (χ1) is 24.0. The number of likely N-dealkylation sites (N-methyl/N-ethyl adjacent to an activating group) is 1. The van der Waals surface area contributed by atoms with Crippen molar-refractivity contribution < 1.29 is 38.3 Å². The summed E-state index contributed by atoms with van der Waals surface area (Å²) in [7, 11) is 3.12. The molecule has 6 amide bonds. The number of fused-ring (bicyclic) bond motifs is 1. The molecule has 3 fully saturated rings. The van der Waals surface area contributed by atoms with Crippen molar-refractivity contribution in [3.05, 3.63) is 35.9 Å². The molecular weight excluding hydrogens is 804 g/mol. The van der Waals surface area contributed by atoms with Gasteiger partial charge in [0.25, 0.3) is 5.91 Å². The fraction of sp³-hybridized carbons (Fsp3) is 0.639. The Morgan fingerprint density at radius 1 is 0.942 bits per heavy atom. The highest BCUT2D eigenvalue weighted by atomic mass is 79.9. The molecule has 4 rings (SSSR count). The van der Waals surface area contributed by atoms with Crippen molar-refractivity contribution in [3.63, 3.8) is 0 Å². The number of amides is 6. The number of piperidine rings is 1. The van der Waals surface area contributed by atoms with Crippen LogP contribution in [0, 0.1) is 23.2 Å². The first kappa shape index (κ1) is 41.2. The molecule has 0 radical (unpaired) electrons. The number of hydrogen-bond donors (Lipinski definition) is 4. The van der Waals surface area contributed by atoms with Crippen molar-refractivity contribution in [2.45, 2.75) is 93.8 Å². The van der Waals surface area contributed by atoms with E-state index in [9.17, 15) is 33.6 Å². The molecule has 14 nitrogen and oxygen atoms in total. The van der Waals surface area contributed by atoms with Crippen LogP contribution in [0.1, 0.15) is 72.4 Å². The van der Waals surface area contributed by atoms with E-state index in [4.69, 9.17) is 4.74 Å². The zero-order valence-corrected chi connectivity index (χ0v) is 34.1. The Balaban J connectivity index is 1.46. The minimum absolute atomic E-state index is 0.124. The topological polar surface area (TPSA) is 183 Å². The predicted molar refractivity (Wildman–Crippen MR) is 199 cm³/mol. The molecule has 0 bridgehead atoms. The summed E-state index contributed by atoms with van der Waals surface area (Å²) >= 11 is 7.26. The van der Waals surface area contributed by atoms with Gasteiger partial charge in [0.15, 0.2) is 0 Å². The summed E-state index contributed by atoms with van der Waals surface area (Å²) in [5.41, 5.74) is -1.00. The molecule has 2 aliphatic carbocycles. The number of likely N-dealkylation sites (tertiary alicyclic amines) is 1. The number of halogens is 2. The second-order valence-corrected chi connectivity index (χ2v) is 19.8. The van der Waals surface area contributed by atoms with E-state index in [1.165, 1.54) is 9.80 Å². The Morgan fingerprint density at radius 3 is 2.10 bits per heavy atom. The molecule has 3 aliphatic rings. The van der Waals surface area contributed by atoms with Crippen molar-refractivity contribution in [1.29, 1.82) is 0 Å². The Bertz CT molecular complexity index is 1570. The standard InChI is InChI=1S/C36H50Br2N6O8/c1-34(2,3)28(42-33(51)52-35(4,5)6)32(50)44-18-21-24(36(21,37)38)26(44)29(47)40-22(16-19-14-15-19)27(46)30(48)39-17-23(45)41-25(31(49)43(7)8)20-12-10-9-11-13-20/h9-13,19,21-22,24-26,28H,14-18H2,1-8H3,(H,39,48)(H,40,47)(H,41,45)(H,42,51)/t21?,22?,24-,25-,26-,28+/m0/s1. The third-order valence-electron chi connectivity index (χ3n) is 9.32. The number of nitrogens with one attached hydrogen (secondary N) is 4. The Labute approximate surface area is 321 Å². The molecular formula is C36H50Br2N6O8. The maximum absolute atomic E-state index is 14.1. The minimum atomic E-state index is -1.21. The van der Waals surface area contributed by atoms with E-state index in [0.29, 0.717) is 5.56 Å². The maximum Gasteiger partial charge on any atom is 0.408 e. The summed E-state index contributed by atoms with van der Waals surface area (Å²) in [5.74, 6) is -4.50. The molecule has 0 spiro atoms. The van der Waals surface area contributed by atoms with Gasteiger partial charge in [-0.15, -0.1) is 0 Å². The number of carbonyl (C=O) groups is 7. The first-order valence-electron chi connectivity index (χ1n) is 17.4. The van der Waals surface area contributed by atoms with Gasteiger partial charge in [0.1, 0.15) is 23.7 Å². The monoisotopic (exact) mass is 852 g/mol. The summed E-state index contributed by atoms with van der Waals surface area (Å²) in [6, 6.07) is 4.36. The number of nitrogens with zero attached hydrogens (tertiary/aromatic N) is 2. The van der Waals surface area contributed by atoms with E-state index in [1.54, 1.807) is 86.0 Å². The van der Waals surface area contributed by atoms with Crippen LogP contribution in [0.15, 0.2) is 30.3 Å². The van der Waals surface area contributed by atoms with Gasteiger partial charge in [-0.05, 0) is 44.1 Å². The molecule has 1 aromatic carbocycles. The molecule has 0 aromatic heterocycles. The van der Waals surface area contributed by atoms with Crippen molar-refractivity contribution in [1.82, 2.24) is 31.1 Å². The smallest absolute Gasteiger partial charge is 0.408 e. The quantitative estimate of drug-likeness (QED) is 0.173. The van der Waals surface area contributed by atoms with Gasteiger partial charge >= 0.3 is 6.09 Å². The number of rotatable bonds is 13. The lowest BCUT2D eigenvalue weighted by molar-refractivity contribution is -0.145. The molecule has 1 aliphatic heterocycles. The molecule has 16 heteroatoms. The molecule has 2 unspecified atom stereocenters. The summed E-state index contributed by atoms with van der Waals surface area (Å²) in [6.07, 6.45) is 1.11. The zero-order valence-electron chi connectivity index (χ0n) is 30.9. The third-order valence-corrected chi connectivity index (χ3v) is 11.5. The van der Waals surface area contributed by atoms with E-state index in [-0.39, 0.29) is 36.6 Å². The molecule has 6 atom stereocenters. The largest absolute Gasteiger partial charge is 0.444 e. The molecule has 1 saturated heterocycles. The SMILES string of the molecule is CN(C)C(=O)[C@@H](NC(=O)CNC(=O)C(=O)C(CC1CC1)NC(=O)[C@@H]1[C@@H]2C(CN1C(=O)[C@@H](NC(=O)OC(C)(C)C)C(C)(C)C)C2(Br)Br)c1ccccc1. The highest BCUT2D eigenvalue weighted by Crippen LogP contribution is 2.67. The van der Waals surface area contributed by atoms with E-state index < -0.39 is 80.5 Å². The van der Waals surface area contributed by atoms with Gasteiger partial charge in [-0.25, -0.2) is 4.79 Å². The summed E-state index contributed by atoms with van der Waals surface area (Å²) in [4.78, 5) is 96.2. The second-order valence-electron chi connectivity index (χ2n) is 16.1. The summed E-state index contributed by atoms with van der Waals surface area (Å²) in [5, 5.41) is 10.4. The number of hydrogen-bond acceptors (Lipinski definition) is 8. The minimum Gasteiger partial charge on any atom is -0.444 e. The molecule has 1 heterocycles. The van der Waals surface area contributed by atoms with Crippen LogP contribution >= 0.6 is 31.9 Å². The van der Waals surface area contributed by atoms with Gasteiger partial charge in [-0.1, -0.05) is 95.8 Å². The van der Waals surface area contributed by atoms with Crippen LogP contribution in [0.4, 0.5) is 4.79 Å². The first-order valence-corrected chi connectivity index (χ1v) is 19.0. The Kier molecular flexibility index (Phi) is 12.6. The van der Waals surface area contributed by atoms with Crippen molar-refractivity contribution in [3.8, 4) is 0 Å². The number of alkyl carbamates (subject to hydrolysis) is 1. The van der Waals surface area contributed by atoms with E-state index in [0.717, 1.165) is 12.8 Å². The maximum atomic E-state index is 14.1. The van der Waals surface area contributed by atoms with Gasteiger partial charge in [0.05, 0.1) is 15.8 Å². The van der Waals surface area contributed by atoms with Crippen LogP contribution in [-0.2, 0) is 33.5 Å². The molecule has 286 valence electrons. The fourth-order valence-corrected chi connectivity index (χ4v) is 8.09. The summed E-state index contributed by atoms with van der Waals surface area (Å²) < 4.78 is 4.81. The lowest BCUT2D eigenvalue weighted by Crippen LogP contribution is -2.61. The number of alkyl halides is 2. The molecule has 2 saturated carbocycles. The zero-order chi connectivity index (χ0) is 38.9. The summed E-state index contributed by atoms with van der Waals surface area (Å²) in [6.45, 7) is 10.1. The number of ketones is 1. The van der Waals surface area contributed by atoms with Crippen molar-refractivity contribution in [2.75, 3.05) is 27.2 Å². The lowest BCUT2D eigenvalue weighted by atomic mass is 9.85. The predicted octanol–water partition coefficient (Wildman–Crippen LogP) is 2.78.